The summed E-state index contributed by atoms with van der Waals surface area (Å²) in [7, 11) is 0. The highest BCUT2D eigenvalue weighted by Crippen LogP contribution is 2.23. The van der Waals surface area contributed by atoms with E-state index in [4.69, 9.17) is 11.6 Å². The second-order valence-electron chi connectivity index (χ2n) is 8.22. The standard InChI is InChI=1S/C25H27ClN4O2S/c1-17-3-5-20(6-4-17)16-30-24(26)23(18(2)28-30)25(32)27-21-9-7-19(8-10-21)15-22(31)29-11-13-33-14-12-29/h3-10H,11-16H2,1-2H3,(H,27,32). The zero-order valence-electron chi connectivity index (χ0n) is 18.8. The van der Waals surface area contributed by atoms with E-state index in [1.54, 1.807) is 11.6 Å². The highest BCUT2D eigenvalue weighted by Gasteiger charge is 2.21. The molecule has 172 valence electrons. The number of halogens is 1. The van der Waals surface area contributed by atoms with Crippen molar-refractivity contribution in [3.63, 3.8) is 0 Å². The Morgan fingerprint density at radius 3 is 2.30 bits per heavy atom. The Labute approximate surface area is 203 Å². The molecular formula is C25H27ClN4O2S. The molecule has 0 aliphatic carbocycles. The van der Waals surface area contributed by atoms with E-state index in [9.17, 15) is 9.59 Å². The van der Waals surface area contributed by atoms with Gasteiger partial charge >= 0.3 is 0 Å². The van der Waals surface area contributed by atoms with Gasteiger partial charge < -0.3 is 10.2 Å². The molecule has 0 bridgehead atoms. The Balaban J connectivity index is 1.40. The molecule has 0 radical (unpaired) electrons. The maximum atomic E-state index is 12.9. The predicted molar refractivity (Wildman–Crippen MR) is 134 cm³/mol. The zero-order chi connectivity index (χ0) is 23.4. The molecule has 0 unspecified atom stereocenters. The molecule has 1 aliphatic rings. The van der Waals surface area contributed by atoms with Gasteiger partial charge in [-0.1, -0.05) is 53.6 Å². The van der Waals surface area contributed by atoms with Crippen LogP contribution >= 0.6 is 23.4 Å². The van der Waals surface area contributed by atoms with Crippen LogP contribution in [0.15, 0.2) is 48.5 Å². The molecule has 2 heterocycles. The number of anilines is 1. The van der Waals surface area contributed by atoms with Crippen LogP contribution in [-0.2, 0) is 17.8 Å². The molecule has 3 aromatic rings. The molecule has 4 rings (SSSR count). The summed E-state index contributed by atoms with van der Waals surface area (Å²) in [5, 5.41) is 7.67. The fourth-order valence-electron chi connectivity index (χ4n) is 3.78. The Morgan fingerprint density at radius 1 is 1.00 bits per heavy atom. The Hall–Kier alpha value is -2.77. The van der Waals surface area contributed by atoms with Crippen molar-refractivity contribution in [2.45, 2.75) is 26.8 Å². The molecular weight excluding hydrogens is 456 g/mol. The first kappa shape index (κ1) is 23.4. The van der Waals surface area contributed by atoms with Crippen molar-refractivity contribution in [3.05, 3.63) is 81.6 Å². The van der Waals surface area contributed by atoms with Gasteiger partial charge in [0.05, 0.1) is 24.2 Å². The molecule has 2 aromatic carbocycles. The average Bonchev–Trinajstić information content (AvgIpc) is 3.10. The van der Waals surface area contributed by atoms with Gasteiger partial charge in [-0.05, 0) is 37.1 Å². The van der Waals surface area contributed by atoms with Crippen molar-refractivity contribution in [2.75, 3.05) is 29.9 Å². The minimum absolute atomic E-state index is 0.149. The summed E-state index contributed by atoms with van der Waals surface area (Å²) in [6.07, 6.45) is 0.371. The lowest BCUT2D eigenvalue weighted by Gasteiger charge is -2.26. The molecule has 33 heavy (non-hydrogen) atoms. The number of thioether (sulfide) groups is 1. The molecule has 6 nitrogen and oxygen atoms in total. The fourth-order valence-corrected chi connectivity index (χ4v) is 5.00. The number of hydrogen-bond donors (Lipinski definition) is 1. The first-order valence-corrected chi connectivity index (χ1v) is 12.5. The van der Waals surface area contributed by atoms with E-state index in [2.05, 4.69) is 10.4 Å². The summed E-state index contributed by atoms with van der Waals surface area (Å²) in [6.45, 7) is 5.94. The number of nitrogens with one attached hydrogen (secondary N) is 1. The number of benzene rings is 2. The summed E-state index contributed by atoms with van der Waals surface area (Å²) in [4.78, 5) is 27.3. The summed E-state index contributed by atoms with van der Waals surface area (Å²) in [5.74, 6) is 1.85. The Morgan fingerprint density at radius 2 is 1.64 bits per heavy atom. The molecule has 1 fully saturated rings. The lowest BCUT2D eigenvalue weighted by Crippen LogP contribution is -2.38. The van der Waals surface area contributed by atoms with Gasteiger partial charge in [0.2, 0.25) is 5.91 Å². The van der Waals surface area contributed by atoms with Crippen molar-refractivity contribution >= 4 is 40.9 Å². The second kappa shape index (κ2) is 10.4. The first-order valence-electron chi connectivity index (χ1n) is 10.9. The SMILES string of the molecule is Cc1ccc(Cn2nc(C)c(C(=O)Nc3ccc(CC(=O)N4CCSCC4)cc3)c2Cl)cc1. The van der Waals surface area contributed by atoms with Crippen molar-refractivity contribution in [1.29, 1.82) is 0 Å². The van der Waals surface area contributed by atoms with Gasteiger partial charge in [0, 0.05) is 30.3 Å². The molecule has 1 N–H and O–H groups in total. The van der Waals surface area contributed by atoms with Crippen LogP contribution in [0.1, 0.15) is 32.7 Å². The van der Waals surface area contributed by atoms with Crippen LogP contribution in [0.5, 0.6) is 0 Å². The number of aryl methyl sites for hydroxylation is 2. The van der Waals surface area contributed by atoms with Gasteiger partial charge in [-0.2, -0.15) is 16.9 Å². The van der Waals surface area contributed by atoms with Gasteiger partial charge in [-0.25, -0.2) is 4.68 Å². The molecule has 8 heteroatoms. The lowest BCUT2D eigenvalue weighted by atomic mass is 10.1. The quantitative estimate of drug-likeness (QED) is 0.558. The van der Waals surface area contributed by atoms with Gasteiger partial charge in [0.25, 0.3) is 5.91 Å². The van der Waals surface area contributed by atoms with Crippen molar-refractivity contribution < 1.29 is 9.59 Å². The second-order valence-corrected chi connectivity index (χ2v) is 9.80. The van der Waals surface area contributed by atoms with E-state index in [1.165, 1.54) is 5.56 Å². The van der Waals surface area contributed by atoms with Crippen LogP contribution in [0.2, 0.25) is 5.15 Å². The van der Waals surface area contributed by atoms with Crippen LogP contribution in [0.4, 0.5) is 5.69 Å². The van der Waals surface area contributed by atoms with Crippen LogP contribution in [0.3, 0.4) is 0 Å². The van der Waals surface area contributed by atoms with E-state index in [-0.39, 0.29) is 11.8 Å². The van der Waals surface area contributed by atoms with E-state index in [1.807, 2.05) is 72.1 Å². The third kappa shape index (κ3) is 5.78. The minimum atomic E-state index is -0.303. The van der Waals surface area contributed by atoms with Crippen LogP contribution in [0.25, 0.3) is 0 Å². The Bertz CT molecular complexity index is 1140. The van der Waals surface area contributed by atoms with Crippen molar-refractivity contribution in [3.8, 4) is 0 Å². The third-order valence-electron chi connectivity index (χ3n) is 5.68. The smallest absolute Gasteiger partial charge is 0.260 e. The van der Waals surface area contributed by atoms with Gasteiger partial charge in [0.1, 0.15) is 5.15 Å². The summed E-state index contributed by atoms with van der Waals surface area (Å²) in [6, 6.07) is 15.5. The number of hydrogen-bond acceptors (Lipinski definition) is 4. The van der Waals surface area contributed by atoms with Crippen LogP contribution in [0, 0.1) is 13.8 Å². The largest absolute Gasteiger partial charge is 0.341 e. The van der Waals surface area contributed by atoms with Gasteiger partial charge in [-0.15, -0.1) is 0 Å². The monoisotopic (exact) mass is 482 g/mol. The van der Waals surface area contributed by atoms with Gasteiger partial charge in [0.15, 0.2) is 0 Å². The fraction of sp³-hybridized carbons (Fsp3) is 0.320. The highest BCUT2D eigenvalue weighted by atomic mass is 35.5. The topological polar surface area (TPSA) is 67.2 Å². The maximum Gasteiger partial charge on any atom is 0.260 e. The third-order valence-corrected chi connectivity index (χ3v) is 7.00. The van der Waals surface area contributed by atoms with Crippen molar-refractivity contribution in [2.24, 2.45) is 0 Å². The number of aromatic nitrogens is 2. The van der Waals surface area contributed by atoms with E-state index in [0.29, 0.717) is 35.1 Å². The molecule has 1 aliphatic heterocycles. The van der Waals surface area contributed by atoms with Crippen molar-refractivity contribution in [1.82, 2.24) is 14.7 Å². The van der Waals surface area contributed by atoms with Crippen LogP contribution < -0.4 is 5.32 Å². The average molecular weight is 483 g/mol. The number of carbonyl (C=O) groups is 2. The Kier molecular flexibility index (Phi) is 7.40. The normalized spacial score (nSPS) is 13.7. The van der Waals surface area contributed by atoms with Gasteiger partial charge in [-0.3, -0.25) is 9.59 Å². The number of carbonyl (C=O) groups excluding carboxylic acids is 2. The predicted octanol–water partition coefficient (Wildman–Crippen LogP) is 4.57. The lowest BCUT2D eigenvalue weighted by molar-refractivity contribution is -0.130. The summed E-state index contributed by atoms with van der Waals surface area (Å²) in [5.41, 5.74) is 4.76. The molecule has 0 spiro atoms. The molecule has 1 aromatic heterocycles. The highest BCUT2D eigenvalue weighted by molar-refractivity contribution is 7.99. The molecule has 0 atom stereocenters. The van der Waals surface area contributed by atoms with Crippen LogP contribution in [-0.4, -0.2) is 51.1 Å². The molecule has 2 amide bonds. The van der Waals surface area contributed by atoms with E-state index in [0.717, 1.165) is 35.7 Å². The number of nitrogens with zero attached hydrogens (tertiary/aromatic N) is 3. The minimum Gasteiger partial charge on any atom is -0.341 e. The van der Waals surface area contributed by atoms with E-state index < -0.39 is 0 Å². The number of rotatable bonds is 6. The first-order chi connectivity index (χ1) is 15.9. The number of amides is 2. The zero-order valence-corrected chi connectivity index (χ0v) is 20.4. The summed E-state index contributed by atoms with van der Waals surface area (Å²) >= 11 is 8.41. The maximum absolute atomic E-state index is 12.9. The summed E-state index contributed by atoms with van der Waals surface area (Å²) < 4.78 is 1.64. The molecule has 0 saturated carbocycles. The molecule has 1 saturated heterocycles. The van der Waals surface area contributed by atoms with E-state index >= 15 is 0 Å².